The van der Waals surface area contributed by atoms with Crippen LogP contribution in [0.5, 0.6) is 0 Å². The molecule has 0 aliphatic heterocycles. The minimum Gasteiger partial charge on any atom is -0.379 e. The highest BCUT2D eigenvalue weighted by atomic mass is 19.2. The van der Waals surface area contributed by atoms with Gasteiger partial charge in [-0.3, -0.25) is 13.4 Å². The second-order valence-electron chi connectivity index (χ2n) is 8.65. The number of hydrogen-bond donors (Lipinski definition) is 1. The van der Waals surface area contributed by atoms with Gasteiger partial charge < -0.3 is 24.0 Å². The van der Waals surface area contributed by atoms with Crippen molar-refractivity contribution in [2.75, 3.05) is 52.7 Å². The van der Waals surface area contributed by atoms with Crippen molar-refractivity contribution in [1.29, 1.82) is 0 Å². The summed E-state index contributed by atoms with van der Waals surface area (Å²) in [7, 11) is -2.93. The van der Waals surface area contributed by atoms with Crippen molar-refractivity contribution in [3.8, 4) is 11.1 Å². The zero-order chi connectivity index (χ0) is 28.9. The molecule has 212 valence electrons. The minimum absolute atomic E-state index is 0.0530. The van der Waals surface area contributed by atoms with Gasteiger partial charge in [-0.1, -0.05) is 53.6 Å². The lowest BCUT2D eigenvalue weighted by Crippen LogP contribution is -2.32. The molecule has 0 fully saturated rings. The third-order valence-corrected chi connectivity index (χ3v) is 6.01. The molecule has 4 rings (SSSR count). The summed E-state index contributed by atoms with van der Waals surface area (Å²) in [6, 6.07) is 18.2. The summed E-state index contributed by atoms with van der Waals surface area (Å²) in [5.74, 6) is -0.520. The van der Waals surface area contributed by atoms with E-state index in [0.717, 1.165) is 28.5 Å². The molecule has 0 spiro atoms. The summed E-state index contributed by atoms with van der Waals surface area (Å²) >= 11 is 0. The van der Waals surface area contributed by atoms with Gasteiger partial charge in [-0.2, -0.15) is 0 Å². The van der Waals surface area contributed by atoms with E-state index in [4.69, 9.17) is 19.7 Å². The first-order chi connectivity index (χ1) is 20.1. The molecule has 41 heavy (non-hydrogen) atoms. The molecule has 1 N–H and O–H groups in total. The molecular weight excluding hydrogens is 535 g/mol. The lowest BCUT2D eigenvalue weighted by atomic mass is 10.1. The minimum atomic E-state index is -2.93. The zero-order valence-electron chi connectivity index (χ0n) is 22.2. The Morgan fingerprint density at radius 1 is 0.829 bits per heavy atom. The second-order valence-corrected chi connectivity index (χ2v) is 8.65. The Kier molecular flexibility index (Phi) is 11.2. The monoisotopic (exact) mass is 563 g/mol. The summed E-state index contributed by atoms with van der Waals surface area (Å²) in [5, 5.41) is 14.5. The molecule has 0 unspecified atom stereocenters. The van der Waals surface area contributed by atoms with E-state index in [1.807, 2.05) is 48.5 Å². The average molecular weight is 563 g/mol. The number of amides is 1. The van der Waals surface area contributed by atoms with Gasteiger partial charge in [0.05, 0.1) is 45.2 Å². The Labute approximate surface area is 235 Å². The van der Waals surface area contributed by atoms with Crippen LogP contribution in [-0.2, 0) is 14.2 Å². The fourth-order valence-electron chi connectivity index (χ4n) is 4.12. The van der Waals surface area contributed by atoms with Crippen LogP contribution in [0.3, 0.4) is 0 Å². The van der Waals surface area contributed by atoms with Crippen molar-refractivity contribution in [3.63, 3.8) is 0 Å². The number of halogens is 2. The van der Waals surface area contributed by atoms with E-state index in [1.54, 1.807) is 0 Å². The first kappa shape index (κ1) is 29.6. The molecule has 3 aromatic rings. The number of aromatic nitrogens is 1. The molecule has 0 saturated heterocycles. The fourth-order valence-corrected chi connectivity index (χ4v) is 4.12. The maximum atomic E-state index is 13.9. The molecule has 1 aromatic heterocycles. The van der Waals surface area contributed by atoms with Crippen molar-refractivity contribution in [2.24, 2.45) is 15.3 Å². The molecule has 1 aliphatic carbocycles. The maximum Gasteiger partial charge on any atom is 0.678 e. The largest absolute Gasteiger partial charge is 0.678 e. The third kappa shape index (κ3) is 8.08. The molecule has 0 radical (unpaired) electrons. The van der Waals surface area contributed by atoms with E-state index in [-0.39, 0.29) is 30.7 Å². The van der Waals surface area contributed by atoms with Crippen LogP contribution in [0.2, 0.25) is 0 Å². The summed E-state index contributed by atoms with van der Waals surface area (Å²) in [6.07, 6.45) is 1.05. The van der Waals surface area contributed by atoms with Crippen molar-refractivity contribution in [1.82, 2.24) is 9.79 Å². The number of carbonyl (C=O) groups is 1. The predicted molar refractivity (Wildman–Crippen MR) is 150 cm³/mol. The Morgan fingerprint density at radius 2 is 1.41 bits per heavy atom. The second kappa shape index (κ2) is 15.4. The van der Waals surface area contributed by atoms with Crippen LogP contribution in [0.15, 0.2) is 82.2 Å². The Morgan fingerprint density at radius 3 is 2.02 bits per heavy atom. The summed E-state index contributed by atoms with van der Waals surface area (Å²) < 4.78 is 44.3. The average Bonchev–Trinajstić information content (AvgIpc) is 3.31. The summed E-state index contributed by atoms with van der Waals surface area (Å²) in [5.41, 5.74) is 12.5. The van der Waals surface area contributed by atoms with Gasteiger partial charge >= 0.3 is 7.40 Å². The van der Waals surface area contributed by atoms with E-state index in [2.05, 4.69) is 25.5 Å². The van der Waals surface area contributed by atoms with E-state index in [0.29, 0.717) is 43.2 Å². The topological polar surface area (TPSA) is 135 Å². The predicted octanol–water partition coefficient (Wildman–Crippen LogP) is 3.68. The standard InChI is InChI=1S/C27H28BF2N7O4/c29-28(30)37-19-20(27(38)32-11-13-39-15-17-41-18-16-40-14-12-33-36-31)9-10-25(37)34-35-26-23-7-3-1-5-21(23)22-6-2-4-8-24(22)26/h1-10,19H,11-18H2,(H,32,38)/b34-25-. The Bertz CT molecular complexity index is 1440. The van der Waals surface area contributed by atoms with E-state index < -0.39 is 13.3 Å². The van der Waals surface area contributed by atoms with Gasteiger partial charge in [0.1, 0.15) is 11.2 Å². The van der Waals surface area contributed by atoms with Crippen LogP contribution in [0.25, 0.3) is 21.6 Å². The van der Waals surface area contributed by atoms with Crippen LogP contribution in [0.1, 0.15) is 21.5 Å². The molecular formula is C27H28BF2N7O4. The van der Waals surface area contributed by atoms with Crippen LogP contribution in [0, 0.1) is 0 Å². The van der Waals surface area contributed by atoms with Crippen molar-refractivity contribution in [3.05, 3.63) is 99.5 Å². The van der Waals surface area contributed by atoms with Crippen molar-refractivity contribution < 1.29 is 27.6 Å². The van der Waals surface area contributed by atoms with Gasteiger partial charge in [-0.05, 0) is 28.8 Å². The smallest absolute Gasteiger partial charge is 0.379 e. The number of carbonyl (C=O) groups excluding carboxylic acids is 1. The number of hydrogen-bond acceptors (Lipinski definition) is 7. The molecule has 11 nitrogen and oxygen atoms in total. The fraction of sp³-hybridized carbons (Fsp3) is 0.296. The molecule has 0 saturated carbocycles. The number of nitrogens with zero attached hydrogens (tertiary/aromatic N) is 6. The molecule has 14 heteroatoms. The number of fused-ring (bicyclic) bond motifs is 3. The van der Waals surface area contributed by atoms with Crippen LogP contribution < -0.4 is 10.8 Å². The maximum absolute atomic E-state index is 13.9. The molecule has 1 heterocycles. The molecule has 0 bridgehead atoms. The van der Waals surface area contributed by atoms with Gasteiger partial charge in [-0.25, -0.2) is 0 Å². The van der Waals surface area contributed by atoms with Crippen LogP contribution in [-0.4, -0.2) is 76.2 Å². The van der Waals surface area contributed by atoms with Gasteiger partial charge in [0.15, 0.2) is 0 Å². The number of ether oxygens (including phenoxy) is 3. The van der Waals surface area contributed by atoms with E-state index >= 15 is 0 Å². The summed E-state index contributed by atoms with van der Waals surface area (Å²) in [4.78, 5) is 15.1. The number of pyridine rings is 1. The van der Waals surface area contributed by atoms with Gasteiger partial charge in [0.2, 0.25) is 0 Å². The molecule has 0 atom stereocenters. The normalized spacial score (nSPS) is 12.0. The highest BCUT2D eigenvalue weighted by Crippen LogP contribution is 2.36. The highest BCUT2D eigenvalue weighted by Gasteiger charge is 2.24. The van der Waals surface area contributed by atoms with Crippen LogP contribution >= 0.6 is 0 Å². The summed E-state index contributed by atoms with van der Waals surface area (Å²) in [6.45, 7) is 2.41. The first-order valence-corrected chi connectivity index (χ1v) is 12.9. The SMILES string of the molecule is [N-]=[N+]=NCCOCCOCCOCCNC(=O)c1cc/c(=N/N=C2c3ccccc3-c3ccccc32)n(B(F)F)c1. The number of rotatable bonds is 15. The van der Waals surface area contributed by atoms with Gasteiger partial charge in [-0.15, -0.1) is 10.2 Å². The lowest BCUT2D eigenvalue weighted by molar-refractivity contribution is 0.0166. The molecule has 1 aliphatic rings. The lowest BCUT2D eigenvalue weighted by Gasteiger charge is -2.09. The molecule has 1 amide bonds. The van der Waals surface area contributed by atoms with E-state index in [1.165, 1.54) is 12.1 Å². The van der Waals surface area contributed by atoms with Gasteiger partial charge in [0, 0.05) is 35.3 Å². The van der Waals surface area contributed by atoms with Crippen molar-refractivity contribution >= 4 is 19.0 Å². The quantitative estimate of drug-likeness (QED) is 0.0590. The van der Waals surface area contributed by atoms with Crippen molar-refractivity contribution in [2.45, 2.75) is 0 Å². The number of azide groups is 1. The zero-order valence-corrected chi connectivity index (χ0v) is 22.2. The highest BCUT2D eigenvalue weighted by molar-refractivity contribution is 6.40. The Hall–Kier alpha value is -4.36. The van der Waals surface area contributed by atoms with Crippen LogP contribution in [0.4, 0.5) is 8.63 Å². The first-order valence-electron chi connectivity index (χ1n) is 12.9. The third-order valence-electron chi connectivity index (χ3n) is 6.01. The number of benzene rings is 2. The molecule has 2 aromatic carbocycles. The number of nitrogens with one attached hydrogen (secondary N) is 1. The Balaban J connectivity index is 1.29. The van der Waals surface area contributed by atoms with Gasteiger partial charge in [0.25, 0.3) is 5.91 Å². The van der Waals surface area contributed by atoms with E-state index in [9.17, 15) is 13.4 Å².